The van der Waals surface area contributed by atoms with Crippen LogP contribution in [-0.4, -0.2) is 20.4 Å². The molecular formula is C24H20Cl2FN5O. The van der Waals surface area contributed by atoms with E-state index >= 15 is 0 Å². The van der Waals surface area contributed by atoms with Crippen molar-refractivity contribution in [1.29, 1.82) is 5.41 Å². The lowest BCUT2D eigenvalue weighted by Crippen LogP contribution is -2.24. The number of aryl methyl sites for hydroxylation is 1. The van der Waals surface area contributed by atoms with E-state index in [-0.39, 0.29) is 29.6 Å². The number of hydrogen-bond donors (Lipinski definition) is 3. The van der Waals surface area contributed by atoms with Crippen LogP contribution in [0, 0.1) is 18.2 Å². The van der Waals surface area contributed by atoms with Crippen LogP contribution in [0.15, 0.2) is 60.9 Å². The second kappa shape index (κ2) is 9.60. The van der Waals surface area contributed by atoms with Crippen LogP contribution in [0.4, 0.5) is 4.39 Å². The fourth-order valence-electron chi connectivity index (χ4n) is 3.46. The number of amides is 1. The summed E-state index contributed by atoms with van der Waals surface area (Å²) in [6.07, 6.45) is 3.41. The maximum Gasteiger partial charge on any atom is 0.270 e. The van der Waals surface area contributed by atoms with Gasteiger partial charge in [0.2, 0.25) is 0 Å². The largest absolute Gasteiger partial charge is 0.347 e. The number of halogens is 3. The van der Waals surface area contributed by atoms with Gasteiger partial charge in [0.15, 0.2) is 5.62 Å². The van der Waals surface area contributed by atoms with Crippen molar-refractivity contribution in [3.8, 4) is 11.3 Å². The summed E-state index contributed by atoms with van der Waals surface area (Å²) in [5.41, 5.74) is 4.00. The SMILES string of the molecule is Cc1cc(F)ccc1-c1cc(Cn2cc[nH]c2=N)cc(C(=O)NCc2ccc(Cl)c(Cl)c2)n1. The number of carbonyl (C=O) groups excluding carboxylic acids is 1. The molecule has 168 valence electrons. The molecule has 1 amide bonds. The van der Waals surface area contributed by atoms with Gasteiger partial charge in [0.25, 0.3) is 5.91 Å². The monoisotopic (exact) mass is 483 g/mol. The summed E-state index contributed by atoms with van der Waals surface area (Å²) >= 11 is 12.0. The van der Waals surface area contributed by atoms with Crippen LogP contribution < -0.4 is 10.9 Å². The Morgan fingerprint density at radius 1 is 1.12 bits per heavy atom. The molecule has 0 radical (unpaired) electrons. The number of pyridine rings is 1. The predicted molar refractivity (Wildman–Crippen MR) is 126 cm³/mol. The number of benzene rings is 2. The van der Waals surface area contributed by atoms with Gasteiger partial charge in [-0.2, -0.15) is 0 Å². The highest BCUT2D eigenvalue weighted by molar-refractivity contribution is 6.42. The van der Waals surface area contributed by atoms with Gasteiger partial charge in [-0.3, -0.25) is 10.2 Å². The number of aromatic amines is 1. The molecule has 3 N–H and O–H groups in total. The quantitative estimate of drug-likeness (QED) is 0.356. The highest BCUT2D eigenvalue weighted by Gasteiger charge is 2.14. The molecule has 0 atom stereocenters. The third-order valence-corrected chi connectivity index (χ3v) is 5.87. The van der Waals surface area contributed by atoms with E-state index in [0.29, 0.717) is 27.8 Å². The minimum atomic E-state index is -0.367. The topological polar surface area (TPSA) is 86.6 Å². The number of H-pyrrole nitrogens is 1. The van der Waals surface area contributed by atoms with Gasteiger partial charge < -0.3 is 14.9 Å². The van der Waals surface area contributed by atoms with Gasteiger partial charge in [0, 0.05) is 24.5 Å². The summed E-state index contributed by atoms with van der Waals surface area (Å²) in [6, 6.07) is 13.1. The van der Waals surface area contributed by atoms with Gasteiger partial charge >= 0.3 is 0 Å². The van der Waals surface area contributed by atoms with Crippen molar-refractivity contribution in [3.63, 3.8) is 0 Å². The number of rotatable bonds is 6. The Morgan fingerprint density at radius 3 is 2.64 bits per heavy atom. The summed E-state index contributed by atoms with van der Waals surface area (Å²) in [7, 11) is 0. The van der Waals surface area contributed by atoms with Crippen molar-refractivity contribution in [1.82, 2.24) is 19.9 Å². The molecule has 6 nitrogen and oxygen atoms in total. The van der Waals surface area contributed by atoms with Gasteiger partial charge in [-0.25, -0.2) is 9.37 Å². The van der Waals surface area contributed by atoms with E-state index in [1.165, 1.54) is 12.1 Å². The molecule has 4 aromatic rings. The van der Waals surface area contributed by atoms with E-state index in [1.54, 1.807) is 54.2 Å². The lowest BCUT2D eigenvalue weighted by molar-refractivity contribution is 0.0946. The molecule has 0 aliphatic rings. The number of nitrogens with one attached hydrogen (secondary N) is 3. The van der Waals surface area contributed by atoms with E-state index in [0.717, 1.165) is 16.7 Å². The van der Waals surface area contributed by atoms with Crippen molar-refractivity contribution in [2.45, 2.75) is 20.0 Å². The maximum absolute atomic E-state index is 13.6. The molecule has 0 saturated heterocycles. The van der Waals surface area contributed by atoms with Crippen molar-refractivity contribution >= 4 is 29.1 Å². The second-order valence-electron chi connectivity index (χ2n) is 7.57. The second-order valence-corrected chi connectivity index (χ2v) is 8.39. The minimum Gasteiger partial charge on any atom is -0.347 e. The minimum absolute atomic E-state index is 0.217. The maximum atomic E-state index is 13.6. The fourth-order valence-corrected chi connectivity index (χ4v) is 3.78. The average Bonchev–Trinajstić information content (AvgIpc) is 3.18. The fraction of sp³-hybridized carbons (Fsp3) is 0.125. The first-order valence-electron chi connectivity index (χ1n) is 10.1. The first kappa shape index (κ1) is 22.8. The van der Waals surface area contributed by atoms with Crippen molar-refractivity contribution < 1.29 is 9.18 Å². The zero-order valence-electron chi connectivity index (χ0n) is 17.6. The Hall–Kier alpha value is -3.42. The molecule has 0 aliphatic carbocycles. The van der Waals surface area contributed by atoms with E-state index in [4.69, 9.17) is 28.6 Å². The Morgan fingerprint density at radius 2 is 1.94 bits per heavy atom. The first-order valence-corrected chi connectivity index (χ1v) is 10.8. The smallest absolute Gasteiger partial charge is 0.270 e. The molecule has 0 unspecified atom stereocenters. The normalized spacial score (nSPS) is 10.9. The Balaban J connectivity index is 1.67. The number of imidazole rings is 1. The van der Waals surface area contributed by atoms with Gasteiger partial charge in [0.05, 0.1) is 22.3 Å². The number of hydrogen-bond acceptors (Lipinski definition) is 3. The van der Waals surface area contributed by atoms with Gasteiger partial charge in [0.1, 0.15) is 11.5 Å². The third kappa shape index (κ3) is 5.32. The van der Waals surface area contributed by atoms with Crippen LogP contribution in [0.3, 0.4) is 0 Å². The molecule has 0 spiro atoms. The van der Waals surface area contributed by atoms with Crippen LogP contribution in [0.5, 0.6) is 0 Å². The van der Waals surface area contributed by atoms with E-state index in [2.05, 4.69) is 15.3 Å². The number of nitrogens with zero attached hydrogens (tertiary/aromatic N) is 2. The number of carbonyl (C=O) groups is 1. The molecule has 2 aromatic carbocycles. The van der Waals surface area contributed by atoms with Crippen molar-refractivity contribution in [2.75, 3.05) is 0 Å². The summed E-state index contributed by atoms with van der Waals surface area (Å²) in [6.45, 7) is 2.40. The van der Waals surface area contributed by atoms with Crippen LogP contribution in [0.2, 0.25) is 10.0 Å². The van der Waals surface area contributed by atoms with Gasteiger partial charge in [-0.1, -0.05) is 29.3 Å². The van der Waals surface area contributed by atoms with E-state index < -0.39 is 0 Å². The third-order valence-electron chi connectivity index (χ3n) is 5.13. The van der Waals surface area contributed by atoms with Crippen LogP contribution in [0.25, 0.3) is 11.3 Å². The van der Waals surface area contributed by atoms with Crippen LogP contribution >= 0.6 is 23.2 Å². The summed E-state index contributed by atoms with van der Waals surface area (Å²) in [4.78, 5) is 20.3. The Kier molecular flexibility index (Phi) is 6.62. The van der Waals surface area contributed by atoms with Crippen LogP contribution in [0.1, 0.15) is 27.2 Å². The molecular weight excluding hydrogens is 464 g/mol. The van der Waals surface area contributed by atoms with E-state index in [1.807, 2.05) is 6.07 Å². The van der Waals surface area contributed by atoms with Gasteiger partial charge in [-0.15, -0.1) is 0 Å². The zero-order valence-corrected chi connectivity index (χ0v) is 19.1. The lowest BCUT2D eigenvalue weighted by atomic mass is 10.0. The van der Waals surface area contributed by atoms with E-state index in [9.17, 15) is 9.18 Å². The average molecular weight is 484 g/mol. The van der Waals surface area contributed by atoms with Gasteiger partial charge in [-0.05, 0) is 66.1 Å². The molecule has 9 heteroatoms. The zero-order chi connectivity index (χ0) is 23.5. The molecule has 0 saturated carbocycles. The first-order chi connectivity index (χ1) is 15.8. The molecule has 4 rings (SSSR count). The Labute approximate surface area is 199 Å². The van der Waals surface area contributed by atoms with Crippen LogP contribution in [-0.2, 0) is 13.1 Å². The standard InChI is InChI=1S/C24H20Cl2FN5O/c1-14-8-17(27)3-4-18(14)21-10-16(13-32-7-6-29-24(32)28)11-22(31-21)23(33)30-12-15-2-5-19(25)20(26)9-15/h2-11H,12-13H2,1H3,(H2,28,29)(H,30,33). The molecule has 2 heterocycles. The lowest BCUT2D eigenvalue weighted by Gasteiger charge is -2.12. The number of aromatic nitrogens is 3. The molecule has 33 heavy (non-hydrogen) atoms. The van der Waals surface area contributed by atoms with Crippen molar-refractivity contribution in [2.24, 2.45) is 0 Å². The molecule has 2 aromatic heterocycles. The predicted octanol–water partition coefficient (Wildman–Crippen LogP) is 5.09. The molecule has 0 aliphatic heterocycles. The summed E-state index contributed by atoms with van der Waals surface area (Å²) < 4.78 is 15.3. The Bertz CT molecular complexity index is 1400. The van der Waals surface area contributed by atoms with Crippen molar-refractivity contribution in [3.05, 3.63) is 105 Å². The summed E-state index contributed by atoms with van der Waals surface area (Å²) in [5.74, 6) is -0.706. The highest BCUT2D eigenvalue weighted by Crippen LogP contribution is 2.25. The highest BCUT2D eigenvalue weighted by atomic mass is 35.5. The molecule has 0 fully saturated rings. The summed E-state index contributed by atoms with van der Waals surface area (Å²) in [5, 5.41) is 11.7. The molecule has 0 bridgehead atoms.